The Balaban J connectivity index is 2.20. The molecular weight excluding hydrogens is 282 g/mol. The number of halogens is 1. The molecule has 3 aromatic rings. The zero-order valence-electron chi connectivity index (χ0n) is 12.0. The summed E-state index contributed by atoms with van der Waals surface area (Å²) in [6, 6.07) is 15.7. The minimum atomic E-state index is 0.649. The van der Waals surface area contributed by atoms with Crippen LogP contribution in [0, 0.1) is 13.8 Å². The molecule has 2 N–H and O–H groups in total. The van der Waals surface area contributed by atoms with Gasteiger partial charge < -0.3 is 5.73 Å². The van der Waals surface area contributed by atoms with Gasteiger partial charge in [-0.3, -0.25) is 0 Å². The highest BCUT2D eigenvalue weighted by atomic mass is 35.5. The van der Waals surface area contributed by atoms with Crippen LogP contribution in [-0.2, 0) is 0 Å². The monoisotopic (exact) mass is 297 g/mol. The molecule has 1 aromatic heterocycles. The number of hydrogen-bond acceptors (Lipinski definition) is 2. The van der Waals surface area contributed by atoms with Gasteiger partial charge in [-0.05, 0) is 37.6 Å². The molecule has 2 aromatic carbocycles. The molecule has 0 amide bonds. The molecule has 0 saturated heterocycles. The molecular formula is C17H16ClN3. The summed E-state index contributed by atoms with van der Waals surface area (Å²) in [5, 5.41) is 5.42. The molecule has 0 unspecified atom stereocenters. The van der Waals surface area contributed by atoms with Gasteiger partial charge in [0.15, 0.2) is 0 Å². The quantitative estimate of drug-likeness (QED) is 0.762. The largest absolute Gasteiger partial charge is 0.383 e. The summed E-state index contributed by atoms with van der Waals surface area (Å²) < 4.78 is 1.77. The Morgan fingerprint density at radius 1 is 0.952 bits per heavy atom. The second-order valence-corrected chi connectivity index (χ2v) is 5.43. The first-order valence-electron chi connectivity index (χ1n) is 6.75. The van der Waals surface area contributed by atoms with Gasteiger partial charge in [-0.2, -0.15) is 5.10 Å². The Kier molecular flexibility index (Phi) is 3.43. The van der Waals surface area contributed by atoms with Gasteiger partial charge in [-0.1, -0.05) is 41.9 Å². The molecule has 3 rings (SSSR count). The maximum absolute atomic E-state index is 6.23. The van der Waals surface area contributed by atoms with Gasteiger partial charge in [0.25, 0.3) is 0 Å². The molecule has 0 aliphatic carbocycles. The van der Waals surface area contributed by atoms with Crippen LogP contribution in [0.5, 0.6) is 0 Å². The van der Waals surface area contributed by atoms with Crippen molar-refractivity contribution in [2.75, 3.05) is 5.73 Å². The highest BCUT2D eigenvalue weighted by Gasteiger charge is 2.16. The van der Waals surface area contributed by atoms with E-state index >= 15 is 0 Å². The van der Waals surface area contributed by atoms with Gasteiger partial charge in [-0.25, -0.2) is 4.68 Å². The normalized spacial score (nSPS) is 10.8. The third-order valence-corrected chi connectivity index (χ3v) is 4.10. The number of nitrogen functional groups attached to an aromatic ring is 1. The van der Waals surface area contributed by atoms with Gasteiger partial charge in [0.2, 0.25) is 0 Å². The fraction of sp³-hybridized carbons (Fsp3) is 0.118. The second-order valence-electron chi connectivity index (χ2n) is 5.02. The van der Waals surface area contributed by atoms with Crippen molar-refractivity contribution >= 4 is 17.4 Å². The number of benzene rings is 2. The van der Waals surface area contributed by atoms with Crippen LogP contribution in [0.25, 0.3) is 16.9 Å². The average molecular weight is 298 g/mol. The maximum atomic E-state index is 6.23. The predicted octanol–water partition coefficient (Wildman–Crippen LogP) is 4.39. The van der Waals surface area contributed by atoms with Crippen molar-refractivity contribution in [3.63, 3.8) is 0 Å². The lowest BCUT2D eigenvalue weighted by Crippen LogP contribution is -2.01. The van der Waals surface area contributed by atoms with E-state index in [1.54, 1.807) is 4.68 Å². The van der Waals surface area contributed by atoms with Gasteiger partial charge in [0.1, 0.15) is 5.82 Å². The van der Waals surface area contributed by atoms with E-state index in [2.05, 4.69) is 5.10 Å². The smallest absolute Gasteiger partial charge is 0.130 e. The van der Waals surface area contributed by atoms with Crippen molar-refractivity contribution < 1.29 is 0 Å². The molecule has 0 aliphatic heterocycles. The van der Waals surface area contributed by atoms with Gasteiger partial charge in [-0.15, -0.1) is 0 Å². The van der Waals surface area contributed by atoms with Gasteiger partial charge in [0.05, 0.1) is 11.4 Å². The zero-order valence-corrected chi connectivity index (χ0v) is 12.7. The summed E-state index contributed by atoms with van der Waals surface area (Å²) in [4.78, 5) is 0. The van der Waals surface area contributed by atoms with Crippen molar-refractivity contribution in [1.82, 2.24) is 9.78 Å². The number of anilines is 1. The first-order valence-corrected chi connectivity index (χ1v) is 7.13. The SMILES string of the molecule is Cc1c(Cl)cccc1-c1nn(-c2ccccc2)c(N)c1C. The van der Waals surface area contributed by atoms with Crippen LogP contribution < -0.4 is 5.73 Å². The summed E-state index contributed by atoms with van der Waals surface area (Å²) >= 11 is 6.21. The van der Waals surface area contributed by atoms with Crippen molar-refractivity contribution in [3.05, 3.63) is 64.7 Å². The minimum Gasteiger partial charge on any atom is -0.383 e. The Morgan fingerprint density at radius 2 is 1.67 bits per heavy atom. The van der Waals surface area contributed by atoms with E-state index in [1.165, 1.54) is 0 Å². The van der Waals surface area contributed by atoms with Crippen LogP contribution >= 0.6 is 11.6 Å². The highest BCUT2D eigenvalue weighted by Crippen LogP contribution is 2.32. The van der Waals surface area contributed by atoms with E-state index in [0.717, 1.165) is 33.1 Å². The van der Waals surface area contributed by atoms with Crippen molar-refractivity contribution in [3.8, 4) is 16.9 Å². The number of aromatic nitrogens is 2. The van der Waals surface area contributed by atoms with E-state index in [4.69, 9.17) is 17.3 Å². The molecule has 0 aliphatic rings. The van der Waals surface area contributed by atoms with E-state index in [1.807, 2.05) is 62.4 Å². The summed E-state index contributed by atoms with van der Waals surface area (Å²) in [5.41, 5.74) is 11.0. The maximum Gasteiger partial charge on any atom is 0.130 e. The van der Waals surface area contributed by atoms with Crippen LogP contribution in [0.1, 0.15) is 11.1 Å². The van der Waals surface area contributed by atoms with E-state index in [0.29, 0.717) is 5.82 Å². The average Bonchev–Trinajstić information content (AvgIpc) is 2.79. The van der Waals surface area contributed by atoms with Crippen LogP contribution in [-0.4, -0.2) is 9.78 Å². The summed E-state index contributed by atoms with van der Waals surface area (Å²) in [5.74, 6) is 0.649. The first kappa shape index (κ1) is 13.7. The molecule has 3 nitrogen and oxygen atoms in total. The summed E-state index contributed by atoms with van der Waals surface area (Å²) in [6.07, 6.45) is 0. The Bertz CT molecular complexity index is 791. The summed E-state index contributed by atoms with van der Waals surface area (Å²) in [7, 11) is 0. The van der Waals surface area contributed by atoms with Crippen LogP contribution in [0.4, 0.5) is 5.82 Å². The Hall–Kier alpha value is -2.26. The molecule has 0 spiro atoms. The van der Waals surface area contributed by atoms with Crippen LogP contribution in [0.15, 0.2) is 48.5 Å². The molecule has 21 heavy (non-hydrogen) atoms. The molecule has 0 fully saturated rings. The Morgan fingerprint density at radius 3 is 2.38 bits per heavy atom. The van der Waals surface area contributed by atoms with Crippen LogP contribution in [0.3, 0.4) is 0 Å². The van der Waals surface area contributed by atoms with Gasteiger partial charge in [0, 0.05) is 16.1 Å². The number of para-hydroxylation sites is 1. The number of nitrogens with zero attached hydrogens (tertiary/aromatic N) is 2. The molecule has 0 bridgehead atoms. The van der Waals surface area contributed by atoms with Crippen LogP contribution in [0.2, 0.25) is 5.02 Å². The summed E-state index contributed by atoms with van der Waals surface area (Å²) in [6.45, 7) is 3.98. The number of hydrogen-bond donors (Lipinski definition) is 1. The molecule has 0 atom stereocenters. The fourth-order valence-corrected chi connectivity index (χ4v) is 2.57. The van der Waals surface area contributed by atoms with E-state index < -0.39 is 0 Å². The molecule has 0 saturated carbocycles. The fourth-order valence-electron chi connectivity index (χ4n) is 2.39. The predicted molar refractivity (Wildman–Crippen MR) is 87.9 cm³/mol. The molecule has 0 radical (unpaired) electrons. The molecule has 106 valence electrons. The second kappa shape index (κ2) is 5.26. The van der Waals surface area contributed by atoms with E-state index in [-0.39, 0.29) is 0 Å². The lowest BCUT2D eigenvalue weighted by molar-refractivity contribution is 0.894. The third-order valence-electron chi connectivity index (χ3n) is 3.69. The molecule has 4 heteroatoms. The highest BCUT2D eigenvalue weighted by molar-refractivity contribution is 6.31. The lowest BCUT2D eigenvalue weighted by Gasteiger charge is -2.05. The van der Waals surface area contributed by atoms with Crippen molar-refractivity contribution in [2.24, 2.45) is 0 Å². The number of rotatable bonds is 2. The minimum absolute atomic E-state index is 0.649. The number of nitrogens with two attached hydrogens (primary N) is 1. The standard InChI is InChI=1S/C17H16ClN3/c1-11-14(9-6-10-15(11)18)16-12(2)17(19)21(20-16)13-7-4-3-5-8-13/h3-10H,19H2,1-2H3. The molecule has 1 heterocycles. The topological polar surface area (TPSA) is 43.8 Å². The zero-order chi connectivity index (χ0) is 15.0. The van der Waals surface area contributed by atoms with Crippen molar-refractivity contribution in [2.45, 2.75) is 13.8 Å². The Labute approximate surface area is 129 Å². The lowest BCUT2D eigenvalue weighted by atomic mass is 10.0. The van der Waals surface area contributed by atoms with E-state index in [9.17, 15) is 0 Å². The van der Waals surface area contributed by atoms with Crippen molar-refractivity contribution in [1.29, 1.82) is 0 Å². The first-order chi connectivity index (χ1) is 10.1. The van der Waals surface area contributed by atoms with Gasteiger partial charge >= 0.3 is 0 Å². The third kappa shape index (κ3) is 2.30.